The van der Waals surface area contributed by atoms with Crippen molar-refractivity contribution in [2.24, 2.45) is 4.99 Å². The Morgan fingerprint density at radius 1 is 1.33 bits per heavy atom. The molecule has 36 heavy (non-hydrogen) atoms. The second kappa shape index (κ2) is 9.86. The van der Waals surface area contributed by atoms with Crippen LogP contribution in [0.4, 0.5) is 19.0 Å². The molecule has 2 aromatic rings. The van der Waals surface area contributed by atoms with Crippen LogP contribution >= 0.6 is 0 Å². The predicted octanol–water partition coefficient (Wildman–Crippen LogP) is 1.80. The molecule has 1 saturated heterocycles. The molecule has 4 rings (SSSR count). The number of hydrogen-bond donors (Lipinski definition) is 1. The van der Waals surface area contributed by atoms with Crippen molar-refractivity contribution in [2.75, 3.05) is 26.0 Å². The lowest BCUT2D eigenvalue weighted by molar-refractivity contribution is -0.274. The van der Waals surface area contributed by atoms with E-state index in [9.17, 15) is 18.0 Å². The maximum atomic E-state index is 13.7. The third-order valence-electron chi connectivity index (χ3n) is 6.13. The van der Waals surface area contributed by atoms with Gasteiger partial charge < -0.3 is 24.8 Å². The summed E-state index contributed by atoms with van der Waals surface area (Å²) in [6, 6.07) is 1.53. The van der Waals surface area contributed by atoms with Crippen LogP contribution in [0, 0.1) is 0 Å². The first-order chi connectivity index (χ1) is 17.0. The van der Waals surface area contributed by atoms with Crippen LogP contribution in [0.1, 0.15) is 42.8 Å². The molecule has 4 heterocycles. The average Bonchev–Trinajstić information content (AvgIpc) is 3.20. The molecule has 2 aliphatic heterocycles. The van der Waals surface area contributed by atoms with Crippen LogP contribution in [0.5, 0.6) is 5.75 Å². The van der Waals surface area contributed by atoms with Gasteiger partial charge in [-0.15, -0.1) is 13.2 Å². The van der Waals surface area contributed by atoms with Gasteiger partial charge in [0.2, 0.25) is 0 Å². The van der Waals surface area contributed by atoms with E-state index in [-0.39, 0.29) is 31.1 Å². The molecule has 3 atom stereocenters. The number of anilines is 1. The van der Waals surface area contributed by atoms with E-state index in [2.05, 4.69) is 26.3 Å². The van der Waals surface area contributed by atoms with E-state index < -0.39 is 24.1 Å². The van der Waals surface area contributed by atoms with Crippen LogP contribution in [-0.4, -0.2) is 59.2 Å². The van der Waals surface area contributed by atoms with E-state index in [0.29, 0.717) is 28.7 Å². The predicted molar refractivity (Wildman–Crippen MR) is 125 cm³/mol. The van der Waals surface area contributed by atoms with Crippen molar-refractivity contribution in [3.8, 4) is 5.75 Å². The minimum absolute atomic E-state index is 0.115. The van der Waals surface area contributed by atoms with Gasteiger partial charge in [0.15, 0.2) is 0 Å². The van der Waals surface area contributed by atoms with Gasteiger partial charge in [-0.3, -0.25) is 14.8 Å². The molecule has 0 saturated carbocycles. The number of aromatic nitrogens is 2. The molecule has 2 N–H and O–H groups in total. The quantitative estimate of drug-likeness (QED) is 0.631. The molecule has 0 radical (unpaired) electrons. The highest BCUT2D eigenvalue weighted by molar-refractivity contribution is 6.50. The smallest absolute Gasteiger partial charge is 0.404 e. The van der Waals surface area contributed by atoms with Crippen LogP contribution < -0.4 is 21.0 Å². The third kappa shape index (κ3) is 5.05. The van der Waals surface area contributed by atoms with Gasteiger partial charge in [0.25, 0.3) is 5.91 Å². The topological polar surface area (TPSA) is 112 Å². The summed E-state index contributed by atoms with van der Waals surface area (Å²) in [6.07, 6.45) is -2.49. The monoisotopic (exact) mass is 505 g/mol. The fourth-order valence-electron chi connectivity index (χ4n) is 4.47. The maximum Gasteiger partial charge on any atom is 0.573 e. The van der Waals surface area contributed by atoms with E-state index in [1.54, 1.807) is 11.0 Å². The Morgan fingerprint density at radius 2 is 2.08 bits per heavy atom. The summed E-state index contributed by atoms with van der Waals surface area (Å²) in [5.41, 5.74) is 8.15. The number of fused-ring (bicyclic) bond motifs is 1. The Hall–Kier alpha value is -3.51. The highest BCUT2D eigenvalue weighted by Gasteiger charge is 2.37. The summed E-state index contributed by atoms with van der Waals surface area (Å²) >= 11 is 0. The number of hydrogen-bond acceptors (Lipinski definition) is 8. The number of nitrogen functional groups attached to an aromatic ring is 1. The van der Waals surface area contributed by atoms with E-state index >= 15 is 0 Å². The van der Waals surface area contributed by atoms with Gasteiger partial charge in [-0.05, 0) is 37.6 Å². The molecule has 1 fully saturated rings. The molecule has 9 nitrogen and oxygen atoms in total. The Balaban J connectivity index is 1.69. The lowest BCUT2D eigenvalue weighted by Crippen LogP contribution is -2.51. The molecular formula is C24H26F3N5O4. The van der Waals surface area contributed by atoms with E-state index in [1.807, 2.05) is 13.8 Å². The largest absolute Gasteiger partial charge is 0.573 e. The Labute approximate surface area is 205 Å². The molecule has 0 aromatic carbocycles. The van der Waals surface area contributed by atoms with Crippen LogP contribution in [0.15, 0.2) is 23.3 Å². The van der Waals surface area contributed by atoms with Gasteiger partial charge >= 0.3 is 6.36 Å². The van der Waals surface area contributed by atoms with Gasteiger partial charge in [0.1, 0.15) is 17.3 Å². The molecule has 12 heteroatoms. The summed E-state index contributed by atoms with van der Waals surface area (Å²) in [5, 5.41) is 1.01. The highest BCUT2D eigenvalue weighted by Crippen LogP contribution is 2.31. The zero-order valence-corrected chi connectivity index (χ0v) is 20.0. The van der Waals surface area contributed by atoms with Crippen molar-refractivity contribution >= 4 is 30.1 Å². The van der Waals surface area contributed by atoms with Crippen molar-refractivity contribution in [3.63, 3.8) is 0 Å². The molecule has 0 aliphatic carbocycles. The molecule has 192 valence electrons. The first kappa shape index (κ1) is 25.6. The number of nitrogens with zero attached hydrogens (tertiary/aromatic N) is 4. The lowest BCUT2D eigenvalue weighted by atomic mass is 10.0. The third-order valence-corrected chi connectivity index (χ3v) is 6.13. The minimum Gasteiger partial charge on any atom is -0.404 e. The van der Waals surface area contributed by atoms with Crippen LogP contribution in [0.2, 0.25) is 0 Å². The number of pyridine rings is 2. The second-order valence-electron chi connectivity index (χ2n) is 8.54. The van der Waals surface area contributed by atoms with Gasteiger partial charge in [-0.1, -0.05) is 6.58 Å². The van der Waals surface area contributed by atoms with Gasteiger partial charge in [-0.25, -0.2) is 4.98 Å². The molecule has 0 unspecified atom stereocenters. The molecule has 2 aromatic heterocycles. The Morgan fingerprint density at radius 3 is 2.72 bits per heavy atom. The van der Waals surface area contributed by atoms with E-state index in [4.69, 9.17) is 15.2 Å². The van der Waals surface area contributed by atoms with Crippen molar-refractivity contribution in [3.05, 3.63) is 45.7 Å². The Kier molecular flexibility index (Phi) is 7.01. The zero-order chi connectivity index (χ0) is 26.2. The van der Waals surface area contributed by atoms with Crippen LogP contribution in [-0.2, 0) is 20.9 Å². The number of amides is 1. The molecule has 0 bridgehead atoms. The fraction of sp³-hybridized carbons (Fsp3) is 0.417. The van der Waals surface area contributed by atoms with Crippen molar-refractivity contribution < 1.29 is 32.2 Å². The average molecular weight is 505 g/mol. The van der Waals surface area contributed by atoms with Gasteiger partial charge in [0, 0.05) is 17.8 Å². The van der Waals surface area contributed by atoms with Gasteiger partial charge in [-0.2, -0.15) is 0 Å². The lowest BCUT2D eigenvalue weighted by Gasteiger charge is -2.40. The van der Waals surface area contributed by atoms with Crippen LogP contribution in [0.25, 0.3) is 12.7 Å². The van der Waals surface area contributed by atoms with Crippen molar-refractivity contribution in [1.29, 1.82) is 0 Å². The standard InChI is InChI=1S/C24H26F3N5O4/c1-12-9-34-11-20(18-6-5-15(8-30-18)36-24(25,26)27)32(12)23(33)19(29-4)7-16-13(2)31-22(28)21-14(3)35-10-17(16)21/h5-8,12,14,20H,2,9-11H2,1,3-4H3,(H2,28,31)/b16-7+,29-19+/t12-,14-,20-/m1/s1. The van der Waals surface area contributed by atoms with E-state index in [0.717, 1.165) is 23.4 Å². The first-order valence-corrected chi connectivity index (χ1v) is 11.2. The summed E-state index contributed by atoms with van der Waals surface area (Å²) < 4.78 is 52.8. The number of ether oxygens (including phenoxy) is 3. The maximum absolute atomic E-state index is 13.7. The fourth-order valence-corrected chi connectivity index (χ4v) is 4.47. The van der Waals surface area contributed by atoms with Gasteiger partial charge in [0.05, 0.1) is 55.2 Å². The summed E-state index contributed by atoms with van der Waals surface area (Å²) in [6.45, 7) is 8.35. The highest BCUT2D eigenvalue weighted by atomic mass is 19.4. The Bertz CT molecular complexity index is 1300. The van der Waals surface area contributed by atoms with Crippen molar-refractivity contribution in [2.45, 2.75) is 45.0 Å². The number of nitrogens with two attached hydrogens (primary N) is 1. The normalized spacial score (nSPS) is 23.1. The first-order valence-electron chi connectivity index (χ1n) is 11.2. The molecule has 2 aliphatic rings. The number of halogens is 3. The number of carbonyl (C=O) groups excluding carboxylic acids is 1. The number of alkyl halides is 3. The molecular weight excluding hydrogens is 479 g/mol. The zero-order valence-electron chi connectivity index (χ0n) is 20.0. The number of aliphatic imine (C=N–C) groups is 1. The number of carbonyl (C=O) groups is 1. The second-order valence-corrected chi connectivity index (χ2v) is 8.54. The van der Waals surface area contributed by atoms with Crippen LogP contribution in [0.3, 0.4) is 0 Å². The minimum atomic E-state index is -4.83. The summed E-state index contributed by atoms with van der Waals surface area (Å²) in [5.74, 6) is -0.515. The molecule has 1 amide bonds. The summed E-state index contributed by atoms with van der Waals surface area (Å²) in [4.78, 5) is 27.9. The van der Waals surface area contributed by atoms with Crippen molar-refractivity contribution in [1.82, 2.24) is 14.9 Å². The van der Waals surface area contributed by atoms with E-state index in [1.165, 1.54) is 13.1 Å². The summed E-state index contributed by atoms with van der Waals surface area (Å²) in [7, 11) is 1.50. The number of morpholine rings is 1. The molecule has 0 spiro atoms. The number of rotatable bonds is 4. The SMILES string of the molecule is C=c1nc(N)c2c(/c1=C/C(=N\C)C(=O)N1[C@H](C)COC[C@@H]1c1ccc(OC(F)(F)F)cn1)CO[C@@H]2C.